The van der Waals surface area contributed by atoms with Crippen molar-refractivity contribution in [1.29, 1.82) is 0 Å². The van der Waals surface area contributed by atoms with Crippen molar-refractivity contribution >= 4 is 6.08 Å². The van der Waals surface area contributed by atoms with E-state index < -0.39 is 0 Å². The lowest BCUT2D eigenvalue weighted by Gasteiger charge is -2.40. The van der Waals surface area contributed by atoms with E-state index in [1.807, 2.05) is 0 Å². The molecule has 0 bridgehead atoms. The summed E-state index contributed by atoms with van der Waals surface area (Å²) in [5, 5.41) is 0. The fourth-order valence-corrected chi connectivity index (χ4v) is 7.00. The molecule has 0 amide bonds. The van der Waals surface area contributed by atoms with Crippen LogP contribution in [0.3, 0.4) is 0 Å². The minimum absolute atomic E-state index is 0.367. The number of hydrogen-bond acceptors (Lipinski definition) is 1. The van der Waals surface area contributed by atoms with E-state index in [4.69, 9.17) is 4.74 Å². The summed E-state index contributed by atoms with van der Waals surface area (Å²) >= 11 is 0. The van der Waals surface area contributed by atoms with Crippen molar-refractivity contribution in [2.45, 2.75) is 12.3 Å². The topological polar surface area (TPSA) is 9.23 Å². The van der Waals surface area contributed by atoms with Gasteiger partial charge in [0.2, 0.25) is 0 Å². The van der Waals surface area contributed by atoms with Gasteiger partial charge in [0, 0.05) is 17.8 Å². The number of allylic oxidation sites excluding steroid dienone is 17. The maximum absolute atomic E-state index is 6.44. The van der Waals surface area contributed by atoms with E-state index in [2.05, 4.69) is 103 Å². The van der Waals surface area contributed by atoms with Gasteiger partial charge in [-0.1, -0.05) is 103 Å². The lowest BCUT2D eigenvalue weighted by Crippen LogP contribution is -2.29. The molecule has 7 aliphatic carbocycles. The van der Waals surface area contributed by atoms with E-state index in [-0.39, 0.29) is 0 Å². The van der Waals surface area contributed by atoms with E-state index in [9.17, 15) is 0 Å². The van der Waals surface area contributed by atoms with Crippen LogP contribution in [0.5, 0.6) is 0 Å². The lowest BCUT2D eigenvalue weighted by atomic mass is 9.63. The zero-order valence-corrected chi connectivity index (χ0v) is 19.6. The lowest BCUT2D eigenvalue weighted by molar-refractivity contribution is 0.181. The van der Waals surface area contributed by atoms with Crippen LogP contribution in [0.15, 0.2) is 142 Å². The second kappa shape index (κ2) is 7.41. The third kappa shape index (κ3) is 2.85. The third-order valence-electron chi connectivity index (χ3n) is 8.62. The molecule has 35 heavy (non-hydrogen) atoms. The second-order valence-electron chi connectivity index (χ2n) is 10.4. The van der Waals surface area contributed by atoms with Crippen molar-refractivity contribution in [1.82, 2.24) is 0 Å². The Labute approximate surface area is 206 Å². The summed E-state index contributed by atoms with van der Waals surface area (Å²) in [4.78, 5) is 0. The molecule has 0 fully saturated rings. The minimum atomic E-state index is 0.367. The Morgan fingerprint density at radius 2 is 1.54 bits per heavy atom. The van der Waals surface area contributed by atoms with Crippen LogP contribution >= 0.6 is 0 Å². The number of ether oxygens (including phenoxy) is 1. The molecule has 0 aliphatic heterocycles. The first-order valence-electron chi connectivity index (χ1n) is 12.7. The Morgan fingerprint density at radius 3 is 2.51 bits per heavy atom. The van der Waals surface area contributed by atoms with Crippen LogP contribution in [0, 0.1) is 11.8 Å². The summed E-state index contributed by atoms with van der Waals surface area (Å²) in [6.07, 6.45) is 33.1. The molecule has 0 saturated carbocycles. The molecule has 7 aliphatic rings. The van der Waals surface area contributed by atoms with Gasteiger partial charge in [0.1, 0.15) is 0 Å². The van der Waals surface area contributed by atoms with Gasteiger partial charge < -0.3 is 4.74 Å². The quantitative estimate of drug-likeness (QED) is 0.472. The Bertz CT molecular complexity index is 1530. The summed E-state index contributed by atoms with van der Waals surface area (Å²) in [6, 6.07) is 6.73. The summed E-state index contributed by atoms with van der Waals surface area (Å²) in [6.45, 7) is 1.30. The average molecular weight is 451 g/mol. The molecule has 1 heteroatoms. The van der Waals surface area contributed by atoms with Crippen molar-refractivity contribution in [2.75, 3.05) is 13.2 Å². The van der Waals surface area contributed by atoms with Crippen molar-refractivity contribution in [3.8, 4) is 0 Å². The highest BCUT2D eigenvalue weighted by Gasteiger charge is 2.38. The SMILES string of the molecule is C1=CC2=CC=C3C=CC(COCC4=CC=C5C=Cc6cccc7c6[C@@H]5C4=CC7)=C4C=CC(=C1)[C@@H]2[C@@H]34. The monoisotopic (exact) mass is 450 g/mol. The summed E-state index contributed by atoms with van der Waals surface area (Å²) in [5.74, 6) is 1.24. The molecule has 8 rings (SSSR count). The summed E-state index contributed by atoms with van der Waals surface area (Å²) < 4.78 is 6.44. The smallest absolute Gasteiger partial charge is 0.0724 e. The van der Waals surface area contributed by atoms with Gasteiger partial charge in [-0.05, 0) is 67.7 Å². The molecule has 0 radical (unpaired) electrons. The van der Waals surface area contributed by atoms with Gasteiger partial charge in [-0.2, -0.15) is 0 Å². The molecule has 0 heterocycles. The van der Waals surface area contributed by atoms with Crippen LogP contribution in [-0.4, -0.2) is 13.2 Å². The fourth-order valence-electron chi connectivity index (χ4n) is 7.00. The second-order valence-corrected chi connectivity index (χ2v) is 10.4. The molecule has 168 valence electrons. The van der Waals surface area contributed by atoms with Crippen LogP contribution in [0.25, 0.3) is 6.08 Å². The highest BCUT2D eigenvalue weighted by molar-refractivity contribution is 5.73. The molecular formula is C34H26O. The molecule has 1 aromatic rings. The zero-order chi connectivity index (χ0) is 22.9. The van der Waals surface area contributed by atoms with E-state index in [0.717, 1.165) is 6.42 Å². The number of hydrogen-bond donors (Lipinski definition) is 0. The summed E-state index contributed by atoms with van der Waals surface area (Å²) in [7, 11) is 0. The molecular weight excluding hydrogens is 424 g/mol. The van der Waals surface area contributed by atoms with E-state index >= 15 is 0 Å². The van der Waals surface area contributed by atoms with Crippen molar-refractivity contribution in [2.24, 2.45) is 11.8 Å². The van der Waals surface area contributed by atoms with Gasteiger partial charge in [-0.25, -0.2) is 0 Å². The fraction of sp³-hybridized carbons (Fsp3) is 0.176. The predicted molar refractivity (Wildman–Crippen MR) is 143 cm³/mol. The van der Waals surface area contributed by atoms with Crippen LogP contribution in [0.2, 0.25) is 0 Å². The van der Waals surface area contributed by atoms with Crippen molar-refractivity contribution in [3.63, 3.8) is 0 Å². The van der Waals surface area contributed by atoms with Gasteiger partial charge >= 0.3 is 0 Å². The molecule has 0 N–H and O–H groups in total. The molecule has 0 aromatic heterocycles. The number of benzene rings is 1. The van der Waals surface area contributed by atoms with Gasteiger partial charge in [0.25, 0.3) is 0 Å². The molecule has 0 unspecified atom stereocenters. The summed E-state index contributed by atoms with van der Waals surface area (Å²) in [5.41, 5.74) is 15.5. The van der Waals surface area contributed by atoms with E-state index in [1.54, 1.807) is 0 Å². The highest BCUT2D eigenvalue weighted by atomic mass is 16.5. The molecule has 0 saturated heterocycles. The van der Waals surface area contributed by atoms with Crippen LogP contribution in [0.1, 0.15) is 22.6 Å². The molecule has 3 atom stereocenters. The molecule has 1 nitrogen and oxygen atoms in total. The van der Waals surface area contributed by atoms with Crippen LogP contribution < -0.4 is 0 Å². The Hall–Kier alpha value is -3.68. The largest absolute Gasteiger partial charge is 0.372 e. The van der Waals surface area contributed by atoms with E-state index in [1.165, 1.54) is 61.3 Å². The number of rotatable bonds is 4. The third-order valence-corrected chi connectivity index (χ3v) is 8.62. The first-order chi connectivity index (χ1) is 17.3. The van der Waals surface area contributed by atoms with Gasteiger partial charge in [0.05, 0.1) is 13.2 Å². The molecule has 1 aromatic carbocycles. The predicted octanol–water partition coefficient (Wildman–Crippen LogP) is 7.19. The first-order valence-corrected chi connectivity index (χ1v) is 12.7. The maximum atomic E-state index is 6.44. The van der Waals surface area contributed by atoms with Crippen molar-refractivity contribution < 1.29 is 4.74 Å². The first kappa shape index (κ1) is 19.6. The van der Waals surface area contributed by atoms with Gasteiger partial charge in [-0.3, -0.25) is 0 Å². The normalized spacial score (nSPS) is 27.8. The van der Waals surface area contributed by atoms with Crippen molar-refractivity contribution in [3.05, 3.63) is 158 Å². The zero-order valence-electron chi connectivity index (χ0n) is 19.6. The van der Waals surface area contributed by atoms with Gasteiger partial charge in [-0.15, -0.1) is 0 Å². The maximum Gasteiger partial charge on any atom is 0.0724 e. The molecule has 0 spiro atoms. The van der Waals surface area contributed by atoms with Crippen LogP contribution in [-0.2, 0) is 11.2 Å². The highest BCUT2D eigenvalue weighted by Crippen LogP contribution is 2.50. The average Bonchev–Trinajstić information content (AvgIpc) is 2.91. The Kier molecular flexibility index (Phi) is 4.15. The van der Waals surface area contributed by atoms with Crippen LogP contribution in [0.4, 0.5) is 0 Å². The Morgan fingerprint density at radius 1 is 0.714 bits per heavy atom. The van der Waals surface area contributed by atoms with Gasteiger partial charge in [0.15, 0.2) is 0 Å². The minimum Gasteiger partial charge on any atom is -0.372 e. The standard InChI is InChI=1S/C34H26O/c1-3-21-7-9-25-11-13-27(29-17-15-23(5-1)31(21)33(25)29)19-35-20-28-14-12-26-10-8-22-4-2-6-24-16-18-30(28)34(26)32(22)24/h1-15,17-18,31,33-34H,16,19-20H2/t31-,33+,34+/m1/s1. The Balaban J connectivity index is 1.06. The van der Waals surface area contributed by atoms with E-state index in [0.29, 0.717) is 31.0 Å².